The number of hydrogen-bond acceptors (Lipinski definition) is 5. The minimum absolute atomic E-state index is 0.0237. The normalized spacial score (nSPS) is 28.3. The number of anilines is 1. The molecule has 2 saturated carbocycles. The maximum absolute atomic E-state index is 12.8. The van der Waals surface area contributed by atoms with Crippen LogP contribution in [0.15, 0.2) is 48.5 Å². The second-order valence-corrected chi connectivity index (χ2v) is 8.51. The number of Topliss-reactive ketones (excluding diaryl/α,β-unsaturated/α-hetero) is 1. The van der Waals surface area contributed by atoms with E-state index in [0.29, 0.717) is 17.0 Å². The largest absolute Gasteiger partial charge is 0.485 e. The number of carbonyl (C=O) groups excluding carboxylic acids is 3. The van der Waals surface area contributed by atoms with E-state index in [1.54, 1.807) is 36.4 Å². The van der Waals surface area contributed by atoms with Crippen LogP contribution in [0.25, 0.3) is 0 Å². The number of benzene rings is 2. The van der Waals surface area contributed by atoms with Crippen LogP contribution in [0.2, 0.25) is 0 Å². The van der Waals surface area contributed by atoms with Crippen molar-refractivity contribution in [2.24, 2.45) is 23.7 Å². The molecule has 1 saturated heterocycles. The molecule has 3 fully saturated rings. The number of hydrogen-bond donors (Lipinski definition) is 1. The van der Waals surface area contributed by atoms with Gasteiger partial charge in [0.2, 0.25) is 5.91 Å². The topological polar surface area (TPSA) is 81.7 Å². The summed E-state index contributed by atoms with van der Waals surface area (Å²) in [5.74, 6) is -0.0263. The third kappa shape index (κ3) is 3.26. The highest BCUT2D eigenvalue weighted by Crippen LogP contribution is 2.57. The molecule has 3 aliphatic rings. The van der Waals surface area contributed by atoms with E-state index < -0.39 is 0 Å². The molecule has 1 N–H and O–H groups in total. The van der Waals surface area contributed by atoms with E-state index in [4.69, 9.17) is 9.47 Å². The van der Waals surface area contributed by atoms with E-state index in [1.165, 1.54) is 0 Å². The Bertz CT molecular complexity index is 995. The van der Waals surface area contributed by atoms with E-state index >= 15 is 0 Å². The van der Waals surface area contributed by atoms with Crippen molar-refractivity contribution in [3.05, 3.63) is 59.7 Å². The Labute approximate surface area is 174 Å². The molecule has 0 unspecified atom stereocenters. The number of aryl methyl sites for hydroxylation is 1. The molecule has 5 rings (SSSR count). The Kier molecular flexibility index (Phi) is 4.57. The van der Waals surface area contributed by atoms with Gasteiger partial charge in [0.25, 0.3) is 0 Å². The smallest absolute Gasteiger partial charge is 0.310 e. The fourth-order valence-electron chi connectivity index (χ4n) is 5.19. The summed E-state index contributed by atoms with van der Waals surface area (Å²) in [4.78, 5) is 37.1. The highest BCUT2D eigenvalue weighted by atomic mass is 16.6. The zero-order valence-corrected chi connectivity index (χ0v) is 16.7. The molecular formula is C24H23NO5. The summed E-state index contributed by atoms with van der Waals surface area (Å²) in [6.45, 7) is 1.92. The fourth-order valence-corrected chi connectivity index (χ4v) is 5.19. The van der Waals surface area contributed by atoms with Gasteiger partial charge < -0.3 is 14.8 Å². The van der Waals surface area contributed by atoms with E-state index in [-0.39, 0.29) is 54.0 Å². The fraction of sp³-hybridized carbons (Fsp3) is 0.375. The Morgan fingerprint density at radius 3 is 2.53 bits per heavy atom. The van der Waals surface area contributed by atoms with Gasteiger partial charge in [0, 0.05) is 17.2 Å². The Morgan fingerprint density at radius 1 is 1.07 bits per heavy atom. The number of esters is 1. The standard InChI is InChI=1S/C24H23NO5/c1-13-2-4-14(5-3-13)19(26)12-29-17-8-6-16(7-9-17)25-23(27)21-15-10-18-20(11-15)30-24(28)22(18)21/h2-9,15,18,20-22H,10-12H2,1H3,(H,25,27)/t15-,18+,20+,21-,22+/m1/s1. The van der Waals surface area contributed by atoms with Crippen LogP contribution in [0.1, 0.15) is 28.8 Å². The van der Waals surface area contributed by atoms with Gasteiger partial charge in [-0.15, -0.1) is 0 Å². The number of ether oxygens (including phenoxy) is 2. The maximum atomic E-state index is 12.8. The number of amides is 1. The van der Waals surface area contributed by atoms with Crippen molar-refractivity contribution in [2.45, 2.75) is 25.9 Å². The van der Waals surface area contributed by atoms with Gasteiger partial charge in [-0.3, -0.25) is 14.4 Å². The van der Waals surface area contributed by atoms with Gasteiger partial charge >= 0.3 is 5.97 Å². The average molecular weight is 405 g/mol. The van der Waals surface area contributed by atoms with Crippen molar-refractivity contribution in [3.63, 3.8) is 0 Å². The summed E-state index contributed by atoms with van der Waals surface area (Å²) in [6, 6.07) is 14.3. The Balaban J connectivity index is 1.17. The van der Waals surface area contributed by atoms with E-state index in [9.17, 15) is 14.4 Å². The van der Waals surface area contributed by atoms with E-state index in [0.717, 1.165) is 18.4 Å². The predicted octanol–water partition coefficient (Wildman–Crippen LogP) is 3.39. The average Bonchev–Trinajstić information content (AvgIpc) is 3.36. The summed E-state index contributed by atoms with van der Waals surface area (Å²) < 4.78 is 11.0. The zero-order valence-electron chi connectivity index (χ0n) is 16.7. The quantitative estimate of drug-likeness (QED) is 0.589. The molecular weight excluding hydrogens is 382 g/mol. The molecule has 1 aliphatic heterocycles. The lowest BCUT2D eigenvalue weighted by Gasteiger charge is -2.23. The van der Waals surface area contributed by atoms with Gasteiger partial charge in [0.15, 0.2) is 12.4 Å². The van der Waals surface area contributed by atoms with Crippen LogP contribution >= 0.6 is 0 Å². The van der Waals surface area contributed by atoms with Gasteiger partial charge in [-0.2, -0.15) is 0 Å². The number of nitrogens with one attached hydrogen (secondary N) is 1. The molecule has 6 nitrogen and oxygen atoms in total. The molecule has 30 heavy (non-hydrogen) atoms. The third-order valence-electron chi connectivity index (χ3n) is 6.65. The van der Waals surface area contributed by atoms with E-state index in [2.05, 4.69) is 5.32 Å². The van der Waals surface area contributed by atoms with Crippen LogP contribution in [0, 0.1) is 30.6 Å². The second kappa shape index (κ2) is 7.27. The molecule has 2 aromatic rings. The van der Waals surface area contributed by atoms with Gasteiger partial charge in [-0.1, -0.05) is 29.8 Å². The molecule has 0 radical (unpaired) electrons. The number of rotatable bonds is 6. The van der Waals surface area contributed by atoms with Crippen molar-refractivity contribution >= 4 is 23.3 Å². The molecule has 1 amide bonds. The molecule has 1 heterocycles. The Morgan fingerprint density at radius 2 is 1.80 bits per heavy atom. The molecule has 2 aliphatic carbocycles. The SMILES string of the molecule is Cc1ccc(C(=O)COc2ccc(NC(=O)[C@@H]3[C@@H]4C[C@@H]5[C@@H]3C(=O)O[C@H]5C4)cc2)cc1. The summed E-state index contributed by atoms with van der Waals surface area (Å²) in [6.07, 6.45) is 1.73. The van der Waals surface area contributed by atoms with Gasteiger partial charge in [0.1, 0.15) is 11.9 Å². The lowest BCUT2D eigenvalue weighted by molar-refractivity contribution is -0.145. The van der Waals surface area contributed by atoms with Crippen molar-refractivity contribution in [1.29, 1.82) is 0 Å². The first-order valence-corrected chi connectivity index (χ1v) is 10.3. The predicted molar refractivity (Wildman–Crippen MR) is 109 cm³/mol. The molecule has 6 heteroatoms. The molecule has 2 aromatic carbocycles. The summed E-state index contributed by atoms with van der Waals surface area (Å²) in [7, 11) is 0. The lowest BCUT2D eigenvalue weighted by Crippen LogP contribution is -2.35. The highest BCUT2D eigenvalue weighted by Gasteiger charge is 2.63. The van der Waals surface area contributed by atoms with E-state index in [1.807, 2.05) is 19.1 Å². The molecule has 2 bridgehead atoms. The van der Waals surface area contributed by atoms with Crippen LogP contribution in [0.3, 0.4) is 0 Å². The minimum Gasteiger partial charge on any atom is -0.485 e. The molecule has 0 spiro atoms. The number of ketones is 1. The van der Waals surface area contributed by atoms with Crippen molar-refractivity contribution in [2.75, 3.05) is 11.9 Å². The zero-order chi connectivity index (χ0) is 20.8. The maximum Gasteiger partial charge on any atom is 0.310 e. The van der Waals surface area contributed by atoms with Crippen LogP contribution in [0.4, 0.5) is 5.69 Å². The Hall–Kier alpha value is -3.15. The van der Waals surface area contributed by atoms with Crippen LogP contribution in [0.5, 0.6) is 5.75 Å². The van der Waals surface area contributed by atoms with Crippen molar-refractivity contribution in [1.82, 2.24) is 0 Å². The molecule has 0 aromatic heterocycles. The first-order valence-electron chi connectivity index (χ1n) is 10.3. The summed E-state index contributed by atoms with van der Waals surface area (Å²) >= 11 is 0. The van der Waals surface area contributed by atoms with Crippen LogP contribution in [-0.4, -0.2) is 30.4 Å². The van der Waals surface area contributed by atoms with Gasteiger partial charge in [0.05, 0.1) is 11.8 Å². The minimum atomic E-state index is -0.302. The highest BCUT2D eigenvalue weighted by molar-refractivity contribution is 5.98. The first kappa shape index (κ1) is 18.9. The van der Waals surface area contributed by atoms with Crippen LogP contribution in [-0.2, 0) is 14.3 Å². The summed E-state index contributed by atoms with van der Waals surface area (Å²) in [5, 5.41) is 2.93. The first-order chi connectivity index (χ1) is 14.5. The third-order valence-corrected chi connectivity index (χ3v) is 6.65. The number of fused-ring (bicyclic) bond motifs is 1. The summed E-state index contributed by atoms with van der Waals surface area (Å²) in [5.41, 5.74) is 2.35. The van der Waals surface area contributed by atoms with Gasteiger partial charge in [-0.05, 0) is 49.9 Å². The van der Waals surface area contributed by atoms with Crippen molar-refractivity contribution < 1.29 is 23.9 Å². The molecule has 5 atom stereocenters. The molecule has 154 valence electrons. The van der Waals surface area contributed by atoms with Crippen molar-refractivity contribution in [3.8, 4) is 5.75 Å². The monoisotopic (exact) mass is 405 g/mol. The lowest BCUT2D eigenvalue weighted by atomic mass is 9.79. The van der Waals surface area contributed by atoms with Gasteiger partial charge in [-0.25, -0.2) is 0 Å². The number of carbonyl (C=O) groups is 3. The van der Waals surface area contributed by atoms with Crippen LogP contribution < -0.4 is 10.1 Å². The second-order valence-electron chi connectivity index (χ2n) is 8.51.